The van der Waals surface area contributed by atoms with Gasteiger partial charge in [-0.1, -0.05) is 0 Å². The van der Waals surface area contributed by atoms with Crippen LogP contribution < -0.4 is 5.32 Å². The molecule has 0 bridgehead atoms. The molecule has 3 rings (SSSR count). The third-order valence-corrected chi connectivity index (χ3v) is 6.49. The number of hydrogen-bond acceptors (Lipinski definition) is 5. The lowest BCUT2D eigenvalue weighted by atomic mass is 9.90. The molecule has 7 heteroatoms. The molecule has 1 saturated heterocycles. The van der Waals surface area contributed by atoms with E-state index in [0.29, 0.717) is 13.1 Å². The predicted molar refractivity (Wildman–Crippen MR) is 104 cm³/mol. The van der Waals surface area contributed by atoms with Gasteiger partial charge in [0, 0.05) is 36.0 Å². The van der Waals surface area contributed by atoms with Crippen molar-refractivity contribution in [2.75, 3.05) is 31.8 Å². The van der Waals surface area contributed by atoms with Gasteiger partial charge in [0.1, 0.15) is 0 Å². The summed E-state index contributed by atoms with van der Waals surface area (Å²) in [5.74, 6) is -0.255. The van der Waals surface area contributed by atoms with Gasteiger partial charge < -0.3 is 15.0 Å². The van der Waals surface area contributed by atoms with Crippen molar-refractivity contribution < 1.29 is 19.1 Å². The maximum Gasteiger partial charge on any atom is 0.306 e. The second-order valence-corrected chi connectivity index (χ2v) is 8.17. The second-order valence-electron chi connectivity index (χ2n) is 7.29. The zero-order valence-corrected chi connectivity index (χ0v) is 16.6. The summed E-state index contributed by atoms with van der Waals surface area (Å²) in [6.45, 7) is 1.32. The van der Waals surface area contributed by atoms with Gasteiger partial charge in [0.05, 0.1) is 13.5 Å². The van der Waals surface area contributed by atoms with E-state index in [1.54, 1.807) is 11.8 Å². The molecule has 1 spiro atoms. The number of amides is 2. The average Bonchev–Trinajstić information content (AvgIpc) is 3.40. The first-order chi connectivity index (χ1) is 13.0. The largest absolute Gasteiger partial charge is 0.469 e. The highest BCUT2D eigenvalue weighted by atomic mass is 32.2. The number of esters is 1. The van der Waals surface area contributed by atoms with Crippen LogP contribution in [0.25, 0.3) is 0 Å². The standard InChI is InChI=1S/C20H26N2O4S/c1-26-18(24)8-7-17(23)22-11-9-20(10-12-22)13-16(20)19(25)21-14-3-5-15(27-2)6-4-14/h3-6,16H,7-13H2,1-2H3,(H,21,25)/t16-/m1/s1. The van der Waals surface area contributed by atoms with Crippen LogP contribution in [0.2, 0.25) is 0 Å². The lowest BCUT2D eigenvalue weighted by Gasteiger charge is -2.33. The zero-order valence-electron chi connectivity index (χ0n) is 15.8. The van der Waals surface area contributed by atoms with E-state index in [0.717, 1.165) is 24.9 Å². The van der Waals surface area contributed by atoms with Crippen LogP contribution >= 0.6 is 11.8 Å². The number of piperidine rings is 1. The molecule has 1 heterocycles. The highest BCUT2D eigenvalue weighted by Crippen LogP contribution is 2.59. The lowest BCUT2D eigenvalue weighted by molar-refractivity contribution is -0.144. The molecule has 6 nitrogen and oxygen atoms in total. The van der Waals surface area contributed by atoms with Crippen molar-refractivity contribution in [3.63, 3.8) is 0 Å². The number of rotatable bonds is 6. The smallest absolute Gasteiger partial charge is 0.306 e. The van der Waals surface area contributed by atoms with E-state index in [4.69, 9.17) is 0 Å². The Morgan fingerprint density at radius 3 is 2.44 bits per heavy atom. The highest BCUT2D eigenvalue weighted by Gasteiger charge is 2.58. The molecule has 1 saturated carbocycles. The van der Waals surface area contributed by atoms with E-state index in [1.807, 2.05) is 35.4 Å². The van der Waals surface area contributed by atoms with Gasteiger partial charge in [-0.05, 0) is 55.2 Å². The van der Waals surface area contributed by atoms with E-state index in [2.05, 4.69) is 10.1 Å². The first kappa shape index (κ1) is 19.7. The Morgan fingerprint density at radius 1 is 1.19 bits per heavy atom. The van der Waals surface area contributed by atoms with Crippen molar-refractivity contribution in [3.05, 3.63) is 24.3 Å². The number of benzene rings is 1. The number of ether oxygens (including phenoxy) is 1. The van der Waals surface area contributed by atoms with Crippen LogP contribution in [0.5, 0.6) is 0 Å². The molecule has 1 aliphatic heterocycles. The third kappa shape index (κ3) is 4.64. The Labute approximate surface area is 164 Å². The van der Waals surface area contributed by atoms with Gasteiger partial charge >= 0.3 is 5.97 Å². The molecule has 0 unspecified atom stereocenters. The lowest BCUT2D eigenvalue weighted by Crippen LogP contribution is -2.40. The summed E-state index contributed by atoms with van der Waals surface area (Å²) in [6.07, 6.45) is 4.92. The number of thioether (sulfide) groups is 1. The van der Waals surface area contributed by atoms with Crippen LogP contribution in [0.1, 0.15) is 32.1 Å². The SMILES string of the molecule is COC(=O)CCC(=O)N1CCC2(CC1)C[C@@H]2C(=O)Nc1ccc(SC)cc1. The Hall–Kier alpha value is -2.02. The number of methoxy groups -OCH3 is 1. The van der Waals surface area contributed by atoms with E-state index < -0.39 is 0 Å². The summed E-state index contributed by atoms with van der Waals surface area (Å²) in [4.78, 5) is 38.9. The molecular weight excluding hydrogens is 364 g/mol. The van der Waals surface area contributed by atoms with E-state index >= 15 is 0 Å². The molecule has 2 fully saturated rings. The molecule has 1 aromatic rings. The third-order valence-electron chi connectivity index (χ3n) is 5.75. The van der Waals surface area contributed by atoms with Gasteiger partial charge in [-0.15, -0.1) is 11.8 Å². The van der Waals surface area contributed by atoms with Gasteiger partial charge in [0.25, 0.3) is 0 Å². The van der Waals surface area contributed by atoms with E-state index in [1.165, 1.54) is 12.0 Å². The van der Waals surface area contributed by atoms with Crippen molar-refractivity contribution >= 4 is 35.2 Å². The molecule has 1 aliphatic carbocycles. The molecule has 0 radical (unpaired) electrons. The van der Waals surface area contributed by atoms with Crippen molar-refractivity contribution in [2.24, 2.45) is 11.3 Å². The zero-order chi connectivity index (χ0) is 19.4. The summed E-state index contributed by atoms with van der Waals surface area (Å²) < 4.78 is 4.58. The van der Waals surface area contributed by atoms with Crippen molar-refractivity contribution in [2.45, 2.75) is 37.0 Å². The quantitative estimate of drug-likeness (QED) is 0.597. The number of hydrogen-bond donors (Lipinski definition) is 1. The number of nitrogens with zero attached hydrogens (tertiary/aromatic N) is 1. The van der Waals surface area contributed by atoms with E-state index in [-0.39, 0.29) is 42.0 Å². The maximum absolute atomic E-state index is 12.6. The van der Waals surface area contributed by atoms with E-state index in [9.17, 15) is 14.4 Å². The topological polar surface area (TPSA) is 75.7 Å². The normalized spacial score (nSPS) is 20.2. The number of nitrogens with one attached hydrogen (secondary N) is 1. The van der Waals surface area contributed by atoms with Crippen molar-refractivity contribution in [1.29, 1.82) is 0 Å². The van der Waals surface area contributed by atoms with Gasteiger partial charge in [-0.3, -0.25) is 14.4 Å². The summed E-state index contributed by atoms with van der Waals surface area (Å²) in [5, 5.41) is 3.02. The Bertz CT molecular complexity index is 711. The predicted octanol–water partition coefficient (Wildman–Crippen LogP) is 2.93. The summed E-state index contributed by atoms with van der Waals surface area (Å²) in [6, 6.07) is 7.87. The van der Waals surface area contributed by atoms with Crippen molar-refractivity contribution in [1.82, 2.24) is 4.90 Å². The van der Waals surface area contributed by atoms with Crippen molar-refractivity contribution in [3.8, 4) is 0 Å². The molecular formula is C20H26N2O4S. The Morgan fingerprint density at radius 2 is 1.85 bits per heavy atom. The van der Waals surface area contributed by atoms with Gasteiger partial charge in [0.15, 0.2) is 0 Å². The number of anilines is 1. The fourth-order valence-electron chi connectivity index (χ4n) is 3.85. The number of carbonyl (C=O) groups is 3. The van der Waals surface area contributed by atoms with Crippen LogP contribution in [0.15, 0.2) is 29.2 Å². The van der Waals surface area contributed by atoms with Crippen LogP contribution in [0.3, 0.4) is 0 Å². The Kier molecular flexibility index (Phi) is 6.09. The number of carbonyl (C=O) groups excluding carboxylic acids is 3. The van der Waals surface area contributed by atoms with Gasteiger partial charge in [-0.2, -0.15) is 0 Å². The molecule has 1 aromatic carbocycles. The fraction of sp³-hybridized carbons (Fsp3) is 0.550. The first-order valence-corrected chi connectivity index (χ1v) is 10.5. The second kappa shape index (κ2) is 8.33. The summed E-state index contributed by atoms with van der Waals surface area (Å²) in [7, 11) is 1.33. The highest BCUT2D eigenvalue weighted by molar-refractivity contribution is 7.98. The minimum atomic E-state index is -0.360. The molecule has 2 aliphatic rings. The summed E-state index contributed by atoms with van der Waals surface area (Å²) >= 11 is 1.67. The molecule has 2 amide bonds. The monoisotopic (exact) mass is 390 g/mol. The average molecular weight is 391 g/mol. The molecule has 146 valence electrons. The van der Waals surface area contributed by atoms with Gasteiger partial charge in [-0.25, -0.2) is 0 Å². The summed E-state index contributed by atoms with van der Waals surface area (Å²) in [5.41, 5.74) is 0.873. The molecule has 27 heavy (non-hydrogen) atoms. The molecule has 1 atom stereocenters. The van der Waals surface area contributed by atoms with Gasteiger partial charge in [0.2, 0.25) is 11.8 Å². The van der Waals surface area contributed by atoms with Crippen LogP contribution in [-0.4, -0.2) is 49.1 Å². The Balaban J connectivity index is 1.46. The van der Waals surface area contributed by atoms with Crippen LogP contribution in [0, 0.1) is 11.3 Å². The van der Waals surface area contributed by atoms with Crippen LogP contribution in [-0.2, 0) is 19.1 Å². The number of likely N-dealkylation sites (tertiary alicyclic amines) is 1. The minimum Gasteiger partial charge on any atom is -0.469 e. The minimum absolute atomic E-state index is 0.00853. The molecule has 1 N–H and O–H groups in total. The fourth-order valence-corrected chi connectivity index (χ4v) is 4.25. The molecule has 0 aromatic heterocycles. The first-order valence-electron chi connectivity index (χ1n) is 9.27. The maximum atomic E-state index is 12.6. The van der Waals surface area contributed by atoms with Crippen LogP contribution in [0.4, 0.5) is 5.69 Å².